The lowest BCUT2D eigenvalue weighted by molar-refractivity contribution is -0.142. The van der Waals surface area contributed by atoms with Crippen molar-refractivity contribution in [2.45, 2.75) is 19.3 Å². The van der Waals surface area contributed by atoms with Gasteiger partial charge < -0.3 is 10.4 Å². The van der Waals surface area contributed by atoms with Crippen LogP contribution in [0.5, 0.6) is 0 Å². The second kappa shape index (κ2) is 5.12. The Balaban J connectivity index is 2.13. The number of aliphatic carboxylic acids is 1. The minimum Gasteiger partial charge on any atom is -0.481 e. The van der Waals surface area contributed by atoms with Crippen molar-refractivity contribution in [3.8, 4) is 0 Å². The molecule has 1 amide bonds. The number of hydrogen-bond acceptors (Lipinski definition) is 4. The molecule has 7 nitrogen and oxygen atoms in total. The number of anilines is 1. The summed E-state index contributed by atoms with van der Waals surface area (Å²) in [5, 5.41) is 17.8. The average molecular weight is 274 g/mol. The predicted octanol–water partition coefficient (Wildman–Crippen LogP) is 1.42. The summed E-state index contributed by atoms with van der Waals surface area (Å²) in [5.74, 6) is -1.20. The minimum absolute atomic E-state index is 0.111. The maximum Gasteiger partial charge on any atom is 0.313 e. The van der Waals surface area contributed by atoms with Gasteiger partial charge in [0, 0.05) is 5.69 Å². The highest BCUT2D eigenvalue weighted by molar-refractivity contribution is 6.01. The Kier molecular flexibility index (Phi) is 3.51. The van der Waals surface area contributed by atoms with E-state index in [0.717, 1.165) is 0 Å². The van der Waals surface area contributed by atoms with Gasteiger partial charge in [0.1, 0.15) is 6.33 Å². The van der Waals surface area contributed by atoms with Gasteiger partial charge in [-0.2, -0.15) is 5.10 Å². The van der Waals surface area contributed by atoms with Gasteiger partial charge >= 0.3 is 5.97 Å². The highest BCUT2D eigenvalue weighted by Gasteiger charge is 2.29. The highest BCUT2D eigenvalue weighted by Crippen LogP contribution is 2.24. The number of amides is 1. The third-order valence-corrected chi connectivity index (χ3v) is 3.03. The first-order valence-electron chi connectivity index (χ1n) is 5.92. The Morgan fingerprint density at radius 2 is 1.90 bits per heavy atom. The zero-order valence-corrected chi connectivity index (χ0v) is 11.0. The zero-order valence-electron chi connectivity index (χ0n) is 11.0. The molecular weight excluding hydrogens is 260 g/mol. The number of H-pyrrole nitrogens is 1. The normalized spacial score (nSPS) is 11.1. The first-order valence-corrected chi connectivity index (χ1v) is 5.92. The summed E-state index contributed by atoms with van der Waals surface area (Å²) in [5.41, 5.74) is 0.229. The fourth-order valence-electron chi connectivity index (χ4n) is 1.60. The lowest BCUT2D eigenvalue weighted by Crippen LogP contribution is -2.28. The fourth-order valence-corrected chi connectivity index (χ4v) is 1.60. The number of carboxylic acid groups (broad SMARTS) is 1. The van der Waals surface area contributed by atoms with Crippen LogP contribution in [0.1, 0.15) is 30.0 Å². The molecule has 0 unspecified atom stereocenters. The second-order valence-corrected chi connectivity index (χ2v) is 4.80. The molecule has 2 aromatic rings. The molecule has 0 bridgehead atoms. The summed E-state index contributed by atoms with van der Waals surface area (Å²) >= 11 is 0. The van der Waals surface area contributed by atoms with Gasteiger partial charge in [0.05, 0.1) is 5.41 Å². The Morgan fingerprint density at radius 3 is 2.40 bits per heavy atom. The molecule has 0 spiro atoms. The van der Waals surface area contributed by atoms with Crippen LogP contribution in [0.2, 0.25) is 0 Å². The summed E-state index contributed by atoms with van der Waals surface area (Å²) in [7, 11) is 0. The molecule has 0 radical (unpaired) electrons. The lowest BCUT2D eigenvalue weighted by Gasteiger charge is -2.19. The van der Waals surface area contributed by atoms with E-state index in [0.29, 0.717) is 11.3 Å². The van der Waals surface area contributed by atoms with Crippen molar-refractivity contribution in [1.29, 1.82) is 0 Å². The summed E-state index contributed by atoms with van der Waals surface area (Å²) in [6.07, 6.45) is 1.24. The maximum atomic E-state index is 11.7. The topological polar surface area (TPSA) is 108 Å². The van der Waals surface area contributed by atoms with Crippen LogP contribution in [0, 0.1) is 0 Å². The van der Waals surface area contributed by atoms with Crippen LogP contribution < -0.4 is 5.32 Å². The molecule has 0 saturated heterocycles. The van der Waals surface area contributed by atoms with Crippen molar-refractivity contribution in [3.05, 3.63) is 42.0 Å². The van der Waals surface area contributed by atoms with Crippen LogP contribution in [-0.2, 0) is 10.2 Å². The third kappa shape index (κ3) is 2.66. The lowest BCUT2D eigenvalue weighted by atomic mass is 9.85. The van der Waals surface area contributed by atoms with Gasteiger partial charge in [-0.25, -0.2) is 4.98 Å². The van der Waals surface area contributed by atoms with Gasteiger partial charge in [-0.15, -0.1) is 0 Å². The number of benzene rings is 1. The Morgan fingerprint density at radius 1 is 1.25 bits per heavy atom. The van der Waals surface area contributed by atoms with Crippen LogP contribution in [0.25, 0.3) is 0 Å². The van der Waals surface area contributed by atoms with Crippen molar-refractivity contribution in [2.24, 2.45) is 0 Å². The van der Waals surface area contributed by atoms with Crippen LogP contribution in [0.4, 0.5) is 5.69 Å². The molecular formula is C13H14N4O3. The van der Waals surface area contributed by atoms with Crippen molar-refractivity contribution in [1.82, 2.24) is 15.2 Å². The number of carbonyl (C=O) groups is 2. The molecule has 104 valence electrons. The average Bonchev–Trinajstić information content (AvgIpc) is 2.93. The third-order valence-electron chi connectivity index (χ3n) is 3.03. The first-order chi connectivity index (χ1) is 9.41. The van der Waals surface area contributed by atoms with E-state index in [-0.39, 0.29) is 5.82 Å². The molecule has 0 saturated carbocycles. The van der Waals surface area contributed by atoms with Gasteiger partial charge in [0.15, 0.2) is 0 Å². The molecule has 2 rings (SSSR count). The van der Waals surface area contributed by atoms with E-state index < -0.39 is 17.3 Å². The largest absolute Gasteiger partial charge is 0.481 e. The number of nitrogens with one attached hydrogen (secondary N) is 2. The second-order valence-electron chi connectivity index (χ2n) is 4.80. The molecule has 3 N–H and O–H groups in total. The zero-order chi connectivity index (χ0) is 14.8. The molecule has 0 aliphatic heterocycles. The van der Waals surface area contributed by atoms with E-state index >= 15 is 0 Å². The maximum absolute atomic E-state index is 11.7. The number of rotatable bonds is 4. The highest BCUT2D eigenvalue weighted by atomic mass is 16.4. The van der Waals surface area contributed by atoms with Crippen molar-refractivity contribution in [2.75, 3.05) is 5.32 Å². The Labute approximate surface area is 115 Å². The molecule has 0 fully saturated rings. The minimum atomic E-state index is -0.979. The molecule has 0 aliphatic rings. The summed E-state index contributed by atoms with van der Waals surface area (Å²) < 4.78 is 0. The molecule has 0 atom stereocenters. The number of aromatic nitrogens is 3. The van der Waals surface area contributed by atoms with E-state index in [1.807, 2.05) is 0 Å². The van der Waals surface area contributed by atoms with Gasteiger partial charge in [0.25, 0.3) is 5.91 Å². The van der Waals surface area contributed by atoms with Crippen molar-refractivity contribution < 1.29 is 14.7 Å². The van der Waals surface area contributed by atoms with E-state index in [9.17, 15) is 9.59 Å². The van der Waals surface area contributed by atoms with Crippen LogP contribution in [-0.4, -0.2) is 32.2 Å². The molecule has 0 aliphatic carbocycles. The Hall–Kier alpha value is -2.70. The van der Waals surface area contributed by atoms with Gasteiger partial charge in [0.2, 0.25) is 5.82 Å². The summed E-state index contributed by atoms with van der Waals surface area (Å²) in [4.78, 5) is 26.6. The number of carbonyl (C=O) groups excluding carboxylic acids is 1. The van der Waals surface area contributed by atoms with Crippen LogP contribution in [0.3, 0.4) is 0 Å². The van der Waals surface area contributed by atoms with E-state index in [4.69, 9.17) is 5.11 Å². The van der Waals surface area contributed by atoms with E-state index in [1.165, 1.54) is 6.33 Å². The van der Waals surface area contributed by atoms with Gasteiger partial charge in [-0.3, -0.25) is 14.7 Å². The monoisotopic (exact) mass is 274 g/mol. The van der Waals surface area contributed by atoms with Gasteiger partial charge in [-0.05, 0) is 31.5 Å². The summed E-state index contributed by atoms with van der Waals surface area (Å²) in [6, 6.07) is 6.64. The van der Waals surface area contributed by atoms with Crippen molar-refractivity contribution in [3.63, 3.8) is 0 Å². The number of hydrogen-bond donors (Lipinski definition) is 3. The van der Waals surface area contributed by atoms with Gasteiger partial charge in [-0.1, -0.05) is 12.1 Å². The summed E-state index contributed by atoms with van der Waals surface area (Å²) in [6.45, 7) is 3.24. The van der Waals surface area contributed by atoms with Crippen LogP contribution >= 0.6 is 0 Å². The smallest absolute Gasteiger partial charge is 0.313 e. The number of nitrogens with zero attached hydrogens (tertiary/aromatic N) is 2. The van der Waals surface area contributed by atoms with E-state index in [1.54, 1.807) is 38.1 Å². The molecule has 1 aromatic carbocycles. The quantitative estimate of drug-likeness (QED) is 0.781. The van der Waals surface area contributed by atoms with Crippen LogP contribution in [0.15, 0.2) is 30.6 Å². The molecule has 7 heteroatoms. The predicted molar refractivity (Wildman–Crippen MR) is 71.4 cm³/mol. The molecule has 1 aromatic heterocycles. The first kappa shape index (κ1) is 13.7. The van der Waals surface area contributed by atoms with Crippen molar-refractivity contribution >= 4 is 17.6 Å². The standard InChI is InChI=1S/C13H14N4O3/c1-13(2,12(19)20)8-3-5-9(6-4-8)16-11(18)10-14-7-15-17-10/h3-7H,1-2H3,(H,16,18)(H,19,20)(H,14,15,17). The molecule has 1 heterocycles. The fraction of sp³-hybridized carbons (Fsp3) is 0.231. The van der Waals surface area contributed by atoms with E-state index in [2.05, 4.69) is 20.5 Å². The Bertz CT molecular complexity index is 618. The molecule has 20 heavy (non-hydrogen) atoms. The number of aromatic amines is 1. The number of carboxylic acids is 1. The SMILES string of the molecule is CC(C)(C(=O)O)c1ccc(NC(=O)c2ncn[nH]2)cc1.